The van der Waals surface area contributed by atoms with E-state index in [1.54, 1.807) is 24.3 Å². The highest BCUT2D eigenvalue weighted by Gasteiger charge is 2.13. The van der Waals surface area contributed by atoms with Crippen molar-refractivity contribution in [3.05, 3.63) is 39.2 Å². The average molecular weight is 241 g/mol. The van der Waals surface area contributed by atoms with Crippen LogP contribution in [0.1, 0.15) is 0 Å². The molecule has 4 nitrogen and oxygen atoms in total. The van der Waals surface area contributed by atoms with Crippen LogP contribution < -0.4 is 9.88 Å². The molecule has 0 aliphatic heterocycles. The summed E-state index contributed by atoms with van der Waals surface area (Å²) in [6, 6.07) is 6.51. The third kappa shape index (κ3) is 1.79. The number of fused-ring (bicyclic) bond motifs is 1. The Morgan fingerprint density at radius 2 is 1.73 bits per heavy atom. The van der Waals surface area contributed by atoms with Gasteiger partial charge < -0.3 is 0 Å². The van der Waals surface area contributed by atoms with Crippen LogP contribution in [-0.4, -0.2) is 8.42 Å². The van der Waals surface area contributed by atoms with Gasteiger partial charge in [0.1, 0.15) is 0 Å². The standard InChI is InChI=1S/C9H7NO3S2/c10-15(12,13)8-5-14-9(11)7-4-2-1-3-6(7)8/h1-5H,(H2,10,12,13). The summed E-state index contributed by atoms with van der Waals surface area (Å²) in [6.07, 6.45) is 0. The van der Waals surface area contributed by atoms with Gasteiger partial charge in [0.25, 0.3) is 0 Å². The number of sulfonamides is 1. The van der Waals surface area contributed by atoms with Crippen molar-refractivity contribution in [3.63, 3.8) is 0 Å². The van der Waals surface area contributed by atoms with Gasteiger partial charge in [-0.25, -0.2) is 13.6 Å². The summed E-state index contributed by atoms with van der Waals surface area (Å²) in [5.74, 6) is 0. The molecule has 1 aromatic heterocycles. The summed E-state index contributed by atoms with van der Waals surface area (Å²) >= 11 is 0.836. The molecule has 0 saturated heterocycles. The van der Waals surface area contributed by atoms with Crippen LogP contribution >= 0.6 is 11.3 Å². The number of hydrogen-bond acceptors (Lipinski definition) is 4. The molecule has 0 unspecified atom stereocenters. The lowest BCUT2D eigenvalue weighted by Gasteiger charge is -2.01. The first-order valence-electron chi connectivity index (χ1n) is 4.03. The third-order valence-corrected chi connectivity index (χ3v) is 3.88. The predicted molar refractivity (Wildman–Crippen MR) is 59.5 cm³/mol. The summed E-state index contributed by atoms with van der Waals surface area (Å²) in [7, 11) is -3.77. The molecule has 2 N–H and O–H groups in total. The molecule has 1 heterocycles. The maximum Gasteiger partial charge on any atom is 0.240 e. The van der Waals surface area contributed by atoms with Crippen LogP contribution in [0.15, 0.2) is 39.3 Å². The molecule has 15 heavy (non-hydrogen) atoms. The summed E-state index contributed by atoms with van der Waals surface area (Å²) in [5, 5.41) is 7.09. The van der Waals surface area contributed by atoms with E-state index in [1.807, 2.05) is 0 Å². The quantitative estimate of drug-likeness (QED) is 0.806. The molecule has 0 amide bonds. The summed E-state index contributed by atoms with van der Waals surface area (Å²) in [4.78, 5) is 11.4. The molecule has 0 saturated carbocycles. The summed E-state index contributed by atoms with van der Waals surface area (Å²) in [5.41, 5.74) is 0. The lowest BCUT2D eigenvalue weighted by molar-refractivity contribution is 0.599. The molecule has 2 rings (SSSR count). The zero-order chi connectivity index (χ0) is 11.1. The Labute approximate surface area is 90.0 Å². The maximum absolute atomic E-state index is 11.4. The van der Waals surface area contributed by atoms with Crippen LogP contribution in [0.25, 0.3) is 10.8 Å². The smallest absolute Gasteiger partial charge is 0.240 e. The average Bonchev–Trinajstić information content (AvgIpc) is 2.17. The number of rotatable bonds is 1. The number of hydrogen-bond donors (Lipinski definition) is 1. The topological polar surface area (TPSA) is 77.2 Å². The minimum absolute atomic E-state index is 0.00250. The van der Waals surface area contributed by atoms with Crippen molar-refractivity contribution in [3.8, 4) is 0 Å². The Kier molecular flexibility index (Phi) is 2.34. The second kappa shape index (κ2) is 3.41. The summed E-state index contributed by atoms with van der Waals surface area (Å²) in [6.45, 7) is 0. The summed E-state index contributed by atoms with van der Waals surface area (Å²) < 4.78 is 22.3. The van der Waals surface area contributed by atoms with E-state index in [2.05, 4.69) is 0 Å². The van der Waals surface area contributed by atoms with Crippen molar-refractivity contribution < 1.29 is 8.42 Å². The van der Waals surface area contributed by atoms with Crippen molar-refractivity contribution in [2.75, 3.05) is 0 Å². The largest absolute Gasteiger partial charge is 0.277 e. The van der Waals surface area contributed by atoms with Gasteiger partial charge in [-0.05, 0) is 6.07 Å². The Hall–Kier alpha value is -1.24. The SMILES string of the molecule is NS(=O)(=O)c1csc(=O)c2ccccc12. The van der Waals surface area contributed by atoms with E-state index >= 15 is 0 Å². The fraction of sp³-hybridized carbons (Fsp3) is 0. The van der Waals surface area contributed by atoms with E-state index in [0.717, 1.165) is 11.3 Å². The van der Waals surface area contributed by atoms with Crippen LogP contribution in [0.2, 0.25) is 0 Å². The predicted octanol–water partition coefficient (Wildman–Crippen LogP) is 0.909. The van der Waals surface area contributed by atoms with Crippen LogP contribution in [0.4, 0.5) is 0 Å². The molecule has 0 fully saturated rings. The monoisotopic (exact) mass is 241 g/mol. The van der Waals surface area contributed by atoms with Gasteiger partial charge in [0.15, 0.2) is 0 Å². The van der Waals surface area contributed by atoms with Gasteiger partial charge in [0, 0.05) is 16.2 Å². The molecule has 0 spiro atoms. The Balaban J connectivity index is 3.03. The fourth-order valence-corrected chi connectivity index (χ4v) is 3.14. The molecular weight excluding hydrogens is 234 g/mol. The molecule has 0 radical (unpaired) electrons. The van der Waals surface area contributed by atoms with Gasteiger partial charge in [-0.1, -0.05) is 18.2 Å². The minimum atomic E-state index is -3.77. The van der Waals surface area contributed by atoms with Crippen LogP contribution in [0.3, 0.4) is 0 Å². The fourth-order valence-electron chi connectivity index (χ4n) is 1.33. The molecule has 2 aromatic rings. The first kappa shape index (κ1) is 10.3. The van der Waals surface area contributed by atoms with Gasteiger partial charge in [-0.15, -0.1) is 11.3 Å². The van der Waals surface area contributed by atoms with Gasteiger partial charge in [0.05, 0.1) is 4.90 Å². The molecule has 0 aliphatic rings. The van der Waals surface area contributed by atoms with E-state index in [0.29, 0.717) is 10.8 Å². The van der Waals surface area contributed by atoms with E-state index in [1.165, 1.54) is 5.38 Å². The van der Waals surface area contributed by atoms with Gasteiger partial charge in [0.2, 0.25) is 14.8 Å². The van der Waals surface area contributed by atoms with Gasteiger partial charge in [-0.3, -0.25) is 4.79 Å². The second-order valence-corrected chi connectivity index (χ2v) is 5.35. The lowest BCUT2D eigenvalue weighted by Crippen LogP contribution is -2.13. The Morgan fingerprint density at radius 3 is 2.33 bits per heavy atom. The highest BCUT2D eigenvalue weighted by molar-refractivity contribution is 7.89. The minimum Gasteiger partial charge on any atom is -0.277 e. The molecule has 1 aromatic carbocycles. The van der Waals surface area contributed by atoms with Crippen molar-refractivity contribution in [1.82, 2.24) is 0 Å². The number of nitrogens with two attached hydrogens (primary N) is 1. The van der Waals surface area contributed by atoms with E-state index in [9.17, 15) is 13.2 Å². The molecule has 0 atom stereocenters. The van der Waals surface area contributed by atoms with Gasteiger partial charge >= 0.3 is 0 Å². The Morgan fingerprint density at radius 1 is 1.13 bits per heavy atom. The zero-order valence-electron chi connectivity index (χ0n) is 7.51. The third-order valence-electron chi connectivity index (χ3n) is 1.99. The molecular formula is C9H7NO3S2. The van der Waals surface area contributed by atoms with E-state index in [4.69, 9.17) is 5.14 Å². The highest BCUT2D eigenvalue weighted by atomic mass is 32.2. The maximum atomic E-state index is 11.4. The lowest BCUT2D eigenvalue weighted by atomic mass is 10.2. The highest BCUT2D eigenvalue weighted by Crippen LogP contribution is 2.20. The number of primary sulfonamides is 1. The molecule has 78 valence electrons. The van der Waals surface area contributed by atoms with E-state index in [-0.39, 0.29) is 9.64 Å². The number of benzene rings is 1. The van der Waals surface area contributed by atoms with E-state index < -0.39 is 10.0 Å². The Bertz CT molecular complexity index is 673. The van der Waals surface area contributed by atoms with Crippen molar-refractivity contribution in [2.45, 2.75) is 4.90 Å². The first-order valence-corrected chi connectivity index (χ1v) is 6.46. The van der Waals surface area contributed by atoms with Crippen LogP contribution in [-0.2, 0) is 10.0 Å². The normalized spacial score (nSPS) is 11.8. The molecule has 6 heteroatoms. The second-order valence-electron chi connectivity index (χ2n) is 2.98. The van der Waals surface area contributed by atoms with Crippen LogP contribution in [0, 0.1) is 0 Å². The van der Waals surface area contributed by atoms with Crippen molar-refractivity contribution >= 4 is 32.1 Å². The molecule has 0 aliphatic carbocycles. The zero-order valence-corrected chi connectivity index (χ0v) is 9.14. The van der Waals surface area contributed by atoms with Crippen LogP contribution in [0.5, 0.6) is 0 Å². The molecule has 0 bridgehead atoms. The first-order chi connectivity index (χ1) is 7.00. The van der Waals surface area contributed by atoms with Crippen molar-refractivity contribution in [1.29, 1.82) is 0 Å². The van der Waals surface area contributed by atoms with Gasteiger partial charge in [-0.2, -0.15) is 0 Å². The van der Waals surface area contributed by atoms with Crippen molar-refractivity contribution in [2.24, 2.45) is 5.14 Å².